The van der Waals surface area contributed by atoms with Crippen molar-refractivity contribution in [2.45, 2.75) is 39.0 Å². The number of carbonyl (C=O) groups is 1. The Hall–Kier alpha value is -0.610. The minimum Gasteiger partial charge on any atom is -0.381 e. The topological polar surface area (TPSA) is 84.0 Å². The number of carbonyl (C=O) groups excluding carboxylic acids is 1. The summed E-state index contributed by atoms with van der Waals surface area (Å²) >= 11 is 0. The van der Waals surface area contributed by atoms with Gasteiger partial charge in [-0.25, -0.2) is 0 Å². The number of aliphatic imine (C=N–C) groups is 1. The Kier molecular flexibility index (Phi) is 16.4. The lowest BCUT2D eigenvalue weighted by Crippen LogP contribution is -2.40. The van der Waals surface area contributed by atoms with Crippen LogP contribution in [0.15, 0.2) is 4.99 Å². The van der Waals surface area contributed by atoms with E-state index in [1.807, 2.05) is 6.92 Å². The normalized spacial score (nSPS) is 15.4. The number of guanidine groups is 1. The minimum absolute atomic E-state index is 0. The Balaban J connectivity index is 0.00000576. The van der Waals surface area contributed by atoms with Gasteiger partial charge in [0.1, 0.15) is 0 Å². The molecular weight excluding hydrogens is 435 g/mol. The number of halogens is 1. The molecule has 0 aromatic rings. The second kappa shape index (κ2) is 16.8. The molecule has 0 aliphatic carbocycles. The quantitative estimate of drug-likeness (QED) is 0.185. The predicted octanol–water partition coefficient (Wildman–Crippen LogP) is 1.52. The highest BCUT2D eigenvalue weighted by Crippen LogP contribution is 2.14. The van der Waals surface area contributed by atoms with E-state index >= 15 is 0 Å². The van der Waals surface area contributed by atoms with Crippen molar-refractivity contribution >= 4 is 35.8 Å². The molecule has 0 atom stereocenters. The first-order chi connectivity index (χ1) is 11.8. The van der Waals surface area contributed by atoms with Crippen LogP contribution in [0.25, 0.3) is 0 Å². The fourth-order valence-corrected chi connectivity index (χ4v) is 2.41. The van der Waals surface area contributed by atoms with Gasteiger partial charge in [0.25, 0.3) is 0 Å². The second-order valence-corrected chi connectivity index (χ2v) is 6.01. The molecule has 0 bridgehead atoms. The van der Waals surface area contributed by atoms with Gasteiger partial charge in [-0.15, -0.1) is 24.0 Å². The van der Waals surface area contributed by atoms with Crippen LogP contribution in [-0.2, 0) is 14.3 Å². The largest absolute Gasteiger partial charge is 0.381 e. The Labute approximate surface area is 169 Å². The average molecular weight is 470 g/mol. The zero-order chi connectivity index (χ0) is 17.5. The van der Waals surface area contributed by atoms with Crippen molar-refractivity contribution in [3.63, 3.8) is 0 Å². The second-order valence-electron chi connectivity index (χ2n) is 6.01. The van der Waals surface area contributed by atoms with E-state index in [4.69, 9.17) is 9.47 Å². The number of nitrogens with zero attached hydrogens (tertiary/aromatic N) is 1. The van der Waals surface area contributed by atoms with Crippen LogP contribution in [0.5, 0.6) is 0 Å². The Morgan fingerprint density at radius 3 is 2.56 bits per heavy atom. The van der Waals surface area contributed by atoms with Crippen LogP contribution in [0, 0.1) is 5.92 Å². The standard InChI is InChI=1S/C17H34N4O3.HI/c1-3-8-19-16(22)5-10-21-17(18-2)20-9-4-11-24-14-15-6-12-23-13-7-15;/h15H,3-14H2,1-2H3,(H,19,22)(H2,18,20,21);1H. The number of rotatable bonds is 11. The van der Waals surface area contributed by atoms with Gasteiger partial charge in [0.05, 0.1) is 0 Å². The third-order valence-corrected chi connectivity index (χ3v) is 3.89. The molecule has 0 spiro atoms. The highest BCUT2D eigenvalue weighted by atomic mass is 127. The van der Waals surface area contributed by atoms with Gasteiger partial charge < -0.3 is 25.4 Å². The summed E-state index contributed by atoms with van der Waals surface area (Å²) in [7, 11) is 1.73. The van der Waals surface area contributed by atoms with Crippen molar-refractivity contribution in [1.82, 2.24) is 16.0 Å². The smallest absolute Gasteiger partial charge is 0.221 e. The third kappa shape index (κ3) is 13.3. The lowest BCUT2D eigenvalue weighted by atomic mass is 10.0. The van der Waals surface area contributed by atoms with E-state index in [0.717, 1.165) is 71.2 Å². The average Bonchev–Trinajstić information content (AvgIpc) is 2.62. The maximum absolute atomic E-state index is 11.5. The summed E-state index contributed by atoms with van der Waals surface area (Å²) in [6, 6.07) is 0. The summed E-state index contributed by atoms with van der Waals surface area (Å²) in [4.78, 5) is 15.6. The summed E-state index contributed by atoms with van der Waals surface area (Å²) in [5, 5.41) is 9.23. The van der Waals surface area contributed by atoms with E-state index in [1.165, 1.54) is 0 Å². The van der Waals surface area contributed by atoms with Crippen molar-refractivity contribution in [3.8, 4) is 0 Å². The summed E-state index contributed by atoms with van der Waals surface area (Å²) in [5.74, 6) is 1.45. The van der Waals surface area contributed by atoms with Crippen LogP contribution in [0.2, 0.25) is 0 Å². The molecule has 0 unspecified atom stereocenters. The summed E-state index contributed by atoms with van der Waals surface area (Å²) in [6.45, 7) is 7.48. The predicted molar refractivity (Wildman–Crippen MR) is 112 cm³/mol. The van der Waals surface area contributed by atoms with E-state index in [0.29, 0.717) is 18.9 Å². The molecule has 0 saturated carbocycles. The summed E-state index contributed by atoms with van der Waals surface area (Å²) < 4.78 is 11.1. The number of amides is 1. The Morgan fingerprint density at radius 2 is 1.88 bits per heavy atom. The first-order valence-corrected chi connectivity index (χ1v) is 9.13. The highest BCUT2D eigenvalue weighted by Gasteiger charge is 2.13. The molecule has 3 N–H and O–H groups in total. The molecule has 0 aromatic carbocycles. The fraction of sp³-hybridized carbons (Fsp3) is 0.882. The molecule has 1 fully saturated rings. The monoisotopic (exact) mass is 470 g/mol. The molecule has 1 heterocycles. The van der Waals surface area contributed by atoms with Gasteiger partial charge in [0, 0.05) is 59.5 Å². The zero-order valence-corrected chi connectivity index (χ0v) is 18.0. The highest BCUT2D eigenvalue weighted by molar-refractivity contribution is 14.0. The summed E-state index contributed by atoms with van der Waals surface area (Å²) in [5.41, 5.74) is 0. The van der Waals surface area contributed by atoms with E-state index in [-0.39, 0.29) is 29.9 Å². The molecule has 1 saturated heterocycles. The van der Waals surface area contributed by atoms with Gasteiger partial charge >= 0.3 is 0 Å². The number of hydrogen-bond donors (Lipinski definition) is 3. The van der Waals surface area contributed by atoms with Crippen LogP contribution in [-0.4, -0.2) is 65.0 Å². The number of nitrogens with one attached hydrogen (secondary N) is 3. The van der Waals surface area contributed by atoms with Crippen molar-refractivity contribution in [3.05, 3.63) is 0 Å². The minimum atomic E-state index is 0. The van der Waals surface area contributed by atoms with Gasteiger partial charge in [-0.2, -0.15) is 0 Å². The molecule has 8 heteroatoms. The van der Waals surface area contributed by atoms with Crippen LogP contribution in [0.1, 0.15) is 39.0 Å². The van der Waals surface area contributed by atoms with Crippen molar-refractivity contribution in [1.29, 1.82) is 0 Å². The van der Waals surface area contributed by atoms with Gasteiger partial charge in [-0.3, -0.25) is 9.79 Å². The van der Waals surface area contributed by atoms with Gasteiger partial charge in [0.15, 0.2) is 5.96 Å². The molecule has 1 aliphatic rings. The van der Waals surface area contributed by atoms with E-state index in [2.05, 4.69) is 20.9 Å². The molecule has 148 valence electrons. The van der Waals surface area contributed by atoms with Crippen LogP contribution >= 0.6 is 24.0 Å². The SMILES string of the molecule is CCCNC(=O)CCNC(=NC)NCCCOCC1CCOCC1.I. The van der Waals surface area contributed by atoms with E-state index in [9.17, 15) is 4.79 Å². The lowest BCUT2D eigenvalue weighted by molar-refractivity contribution is -0.120. The third-order valence-electron chi connectivity index (χ3n) is 3.89. The van der Waals surface area contributed by atoms with E-state index < -0.39 is 0 Å². The molecule has 25 heavy (non-hydrogen) atoms. The fourth-order valence-electron chi connectivity index (χ4n) is 2.41. The molecule has 1 aliphatic heterocycles. The lowest BCUT2D eigenvalue weighted by Gasteiger charge is -2.21. The van der Waals surface area contributed by atoms with E-state index in [1.54, 1.807) is 7.05 Å². The van der Waals surface area contributed by atoms with Crippen LogP contribution in [0.3, 0.4) is 0 Å². The Morgan fingerprint density at radius 1 is 1.16 bits per heavy atom. The van der Waals surface area contributed by atoms with Gasteiger partial charge in [-0.05, 0) is 31.6 Å². The number of ether oxygens (including phenoxy) is 2. The molecular formula is C17H35IN4O3. The van der Waals surface area contributed by atoms with Gasteiger partial charge in [0.2, 0.25) is 5.91 Å². The molecule has 1 amide bonds. The van der Waals surface area contributed by atoms with Crippen molar-refractivity contribution < 1.29 is 14.3 Å². The first kappa shape index (κ1) is 24.4. The van der Waals surface area contributed by atoms with Crippen LogP contribution < -0.4 is 16.0 Å². The van der Waals surface area contributed by atoms with Gasteiger partial charge in [-0.1, -0.05) is 6.92 Å². The van der Waals surface area contributed by atoms with Crippen molar-refractivity contribution in [2.24, 2.45) is 10.9 Å². The van der Waals surface area contributed by atoms with Crippen molar-refractivity contribution in [2.75, 3.05) is 53.1 Å². The molecule has 1 rings (SSSR count). The van der Waals surface area contributed by atoms with Crippen LogP contribution in [0.4, 0.5) is 0 Å². The maximum atomic E-state index is 11.5. The zero-order valence-electron chi connectivity index (χ0n) is 15.6. The first-order valence-electron chi connectivity index (χ1n) is 9.13. The molecule has 0 radical (unpaired) electrons. The molecule has 7 nitrogen and oxygen atoms in total. The Bertz CT molecular complexity index is 364. The molecule has 0 aromatic heterocycles. The number of hydrogen-bond acceptors (Lipinski definition) is 4. The summed E-state index contributed by atoms with van der Waals surface area (Å²) in [6.07, 6.45) is 4.57. The maximum Gasteiger partial charge on any atom is 0.221 e.